The number of nitrogens with one attached hydrogen (secondary N) is 1. The summed E-state index contributed by atoms with van der Waals surface area (Å²) in [6.07, 6.45) is 5.26. The molecule has 0 bridgehead atoms. The van der Waals surface area contributed by atoms with Gasteiger partial charge in [-0.25, -0.2) is 0 Å². The third-order valence-corrected chi connectivity index (χ3v) is 4.40. The SMILES string of the molecule is COCC(N)C(=O)NC1(c2ccc(Cl)cc2)CCCCC1.Cl. The number of carbonyl (C=O) groups excluding carboxylic acids is 1. The highest BCUT2D eigenvalue weighted by atomic mass is 35.5. The predicted molar refractivity (Wildman–Crippen MR) is 91.5 cm³/mol. The van der Waals surface area contributed by atoms with E-state index in [0.29, 0.717) is 5.02 Å². The molecule has 1 saturated carbocycles. The van der Waals surface area contributed by atoms with E-state index in [1.807, 2.05) is 24.3 Å². The second kappa shape index (κ2) is 8.73. The Labute approximate surface area is 143 Å². The second-order valence-electron chi connectivity index (χ2n) is 5.70. The lowest BCUT2D eigenvalue weighted by Crippen LogP contribution is -2.53. The summed E-state index contributed by atoms with van der Waals surface area (Å²) in [6, 6.07) is 7.09. The molecule has 1 aliphatic rings. The number of carbonyl (C=O) groups is 1. The molecule has 0 heterocycles. The van der Waals surface area contributed by atoms with Crippen molar-refractivity contribution in [2.24, 2.45) is 5.73 Å². The first-order chi connectivity index (χ1) is 10.1. The van der Waals surface area contributed by atoms with Crippen LogP contribution in [0, 0.1) is 0 Å². The molecule has 2 rings (SSSR count). The molecule has 6 heteroatoms. The molecule has 1 aromatic rings. The van der Waals surface area contributed by atoms with Gasteiger partial charge < -0.3 is 15.8 Å². The van der Waals surface area contributed by atoms with Crippen LogP contribution in [-0.4, -0.2) is 25.7 Å². The summed E-state index contributed by atoms with van der Waals surface area (Å²) in [4.78, 5) is 12.3. The Balaban J connectivity index is 0.00000242. The zero-order chi connectivity index (χ0) is 15.3. The van der Waals surface area contributed by atoms with Gasteiger partial charge in [0.05, 0.1) is 12.1 Å². The molecule has 0 radical (unpaired) electrons. The highest BCUT2D eigenvalue weighted by Gasteiger charge is 2.36. The average molecular weight is 347 g/mol. The summed E-state index contributed by atoms with van der Waals surface area (Å²) in [5.74, 6) is -0.159. The Bertz CT molecular complexity index is 474. The van der Waals surface area contributed by atoms with Crippen LogP contribution in [0.15, 0.2) is 24.3 Å². The van der Waals surface area contributed by atoms with E-state index in [-0.39, 0.29) is 30.5 Å². The van der Waals surface area contributed by atoms with Crippen molar-refractivity contribution in [2.45, 2.75) is 43.7 Å². The summed E-state index contributed by atoms with van der Waals surface area (Å²) in [5, 5.41) is 3.87. The zero-order valence-corrected chi connectivity index (χ0v) is 14.4. The van der Waals surface area contributed by atoms with E-state index >= 15 is 0 Å². The lowest BCUT2D eigenvalue weighted by Gasteiger charge is -2.39. The Kier molecular flexibility index (Phi) is 7.63. The number of amides is 1. The van der Waals surface area contributed by atoms with Crippen molar-refractivity contribution in [3.8, 4) is 0 Å². The lowest BCUT2D eigenvalue weighted by atomic mass is 9.76. The molecular weight excluding hydrogens is 323 g/mol. The van der Waals surface area contributed by atoms with E-state index < -0.39 is 6.04 Å². The van der Waals surface area contributed by atoms with Crippen LogP contribution in [0.4, 0.5) is 0 Å². The van der Waals surface area contributed by atoms with Gasteiger partial charge in [0.1, 0.15) is 6.04 Å². The van der Waals surface area contributed by atoms with Crippen molar-refractivity contribution >= 4 is 29.9 Å². The fraction of sp³-hybridized carbons (Fsp3) is 0.562. The quantitative estimate of drug-likeness (QED) is 0.861. The van der Waals surface area contributed by atoms with Gasteiger partial charge in [0.2, 0.25) is 5.91 Å². The lowest BCUT2D eigenvalue weighted by molar-refractivity contribution is -0.126. The van der Waals surface area contributed by atoms with Crippen molar-refractivity contribution < 1.29 is 9.53 Å². The van der Waals surface area contributed by atoms with Crippen molar-refractivity contribution in [1.82, 2.24) is 5.32 Å². The molecule has 0 aliphatic heterocycles. The van der Waals surface area contributed by atoms with Crippen LogP contribution in [0.5, 0.6) is 0 Å². The number of rotatable bonds is 5. The van der Waals surface area contributed by atoms with Crippen LogP contribution in [0.3, 0.4) is 0 Å². The molecular formula is C16H24Cl2N2O2. The van der Waals surface area contributed by atoms with Crippen LogP contribution in [0.1, 0.15) is 37.7 Å². The van der Waals surface area contributed by atoms with E-state index in [2.05, 4.69) is 5.32 Å². The van der Waals surface area contributed by atoms with E-state index in [1.165, 1.54) is 6.42 Å². The van der Waals surface area contributed by atoms with Gasteiger partial charge in [-0.2, -0.15) is 0 Å². The van der Waals surface area contributed by atoms with Gasteiger partial charge in [-0.3, -0.25) is 4.79 Å². The number of hydrogen-bond acceptors (Lipinski definition) is 3. The third-order valence-electron chi connectivity index (χ3n) is 4.15. The van der Waals surface area contributed by atoms with Crippen LogP contribution >= 0.6 is 24.0 Å². The Hall–Kier alpha value is -0.810. The largest absolute Gasteiger partial charge is 0.383 e. The number of nitrogens with two attached hydrogens (primary N) is 1. The zero-order valence-electron chi connectivity index (χ0n) is 12.8. The second-order valence-corrected chi connectivity index (χ2v) is 6.14. The summed E-state index contributed by atoms with van der Waals surface area (Å²) in [5.41, 5.74) is 6.62. The molecule has 1 fully saturated rings. The minimum absolute atomic E-state index is 0. The van der Waals surface area contributed by atoms with Crippen molar-refractivity contribution in [3.63, 3.8) is 0 Å². The monoisotopic (exact) mass is 346 g/mol. The molecule has 1 unspecified atom stereocenters. The number of hydrogen-bond donors (Lipinski definition) is 2. The van der Waals surface area contributed by atoms with Crippen molar-refractivity contribution in [3.05, 3.63) is 34.9 Å². The topological polar surface area (TPSA) is 64.3 Å². The average Bonchev–Trinajstić information content (AvgIpc) is 2.49. The molecule has 1 aromatic carbocycles. The van der Waals surface area contributed by atoms with Crippen LogP contribution in [-0.2, 0) is 15.1 Å². The van der Waals surface area contributed by atoms with Gasteiger partial charge in [0.15, 0.2) is 0 Å². The molecule has 3 N–H and O–H groups in total. The van der Waals surface area contributed by atoms with Crippen LogP contribution < -0.4 is 11.1 Å². The minimum atomic E-state index is -0.638. The number of benzene rings is 1. The van der Waals surface area contributed by atoms with E-state index in [9.17, 15) is 4.79 Å². The van der Waals surface area contributed by atoms with Crippen LogP contribution in [0.25, 0.3) is 0 Å². The first-order valence-corrected chi connectivity index (χ1v) is 7.78. The molecule has 22 heavy (non-hydrogen) atoms. The summed E-state index contributed by atoms with van der Waals surface area (Å²) >= 11 is 5.97. The van der Waals surface area contributed by atoms with Crippen LogP contribution in [0.2, 0.25) is 5.02 Å². The molecule has 4 nitrogen and oxygen atoms in total. The van der Waals surface area contributed by atoms with E-state index in [0.717, 1.165) is 31.2 Å². The van der Waals surface area contributed by atoms with E-state index in [1.54, 1.807) is 7.11 Å². The van der Waals surface area contributed by atoms with Gasteiger partial charge in [0.25, 0.3) is 0 Å². The Morgan fingerprint density at radius 2 is 1.91 bits per heavy atom. The molecule has 1 atom stereocenters. The molecule has 0 spiro atoms. The van der Waals surface area contributed by atoms with Gasteiger partial charge in [-0.15, -0.1) is 12.4 Å². The molecule has 1 aliphatic carbocycles. The first-order valence-electron chi connectivity index (χ1n) is 7.40. The standard InChI is InChI=1S/C16H23ClN2O2.ClH/c1-21-11-14(18)15(20)19-16(9-3-2-4-10-16)12-5-7-13(17)8-6-12;/h5-8,14H,2-4,9-11,18H2,1H3,(H,19,20);1H. The van der Waals surface area contributed by atoms with Gasteiger partial charge in [0, 0.05) is 12.1 Å². The number of ether oxygens (including phenoxy) is 1. The van der Waals surface area contributed by atoms with Gasteiger partial charge in [-0.1, -0.05) is 43.0 Å². The summed E-state index contributed by atoms with van der Waals surface area (Å²) in [6.45, 7) is 0.225. The number of methoxy groups -OCH3 is 1. The Morgan fingerprint density at radius 1 is 1.32 bits per heavy atom. The van der Waals surface area contributed by atoms with Gasteiger partial charge in [-0.05, 0) is 30.5 Å². The van der Waals surface area contributed by atoms with Crippen molar-refractivity contribution in [2.75, 3.05) is 13.7 Å². The van der Waals surface area contributed by atoms with E-state index in [4.69, 9.17) is 22.1 Å². The minimum Gasteiger partial charge on any atom is -0.383 e. The summed E-state index contributed by atoms with van der Waals surface area (Å²) in [7, 11) is 1.54. The Morgan fingerprint density at radius 3 is 2.45 bits per heavy atom. The first kappa shape index (κ1) is 19.2. The molecule has 0 aromatic heterocycles. The maximum atomic E-state index is 12.3. The summed E-state index contributed by atoms with van der Waals surface area (Å²) < 4.78 is 4.97. The normalized spacial score (nSPS) is 18.1. The maximum Gasteiger partial charge on any atom is 0.239 e. The van der Waals surface area contributed by atoms with Crippen molar-refractivity contribution in [1.29, 1.82) is 0 Å². The maximum absolute atomic E-state index is 12.3. The fourth-order valence-electron chi connectivity index (χ4n) is 2.99. The molecule has 0 saturated heterocycles. The smallest absolute Gasteiger partial charge is 0.239 e. The van der Waals surface area contributed by atoms with Gasteiger partial charge >= 0.3 is 0 Å². The molecule has 124 valence electrons. The third kappa shape index (κ3) is 4.59. The predicted octanol–water partition coefficient (Wildman–Crippen LogP) is 3.01. The fourth-order valence-corrected chi connectivity index (χ4v) is 3.12. The highest BCUT2D eigenvalue weighted by molar-refractivity contribution is 6.30. The highest BCUT2D eigenvalue weighted by Crippen LogP contribution is 2.37. The number of halogens is 2. The molecule has 1 amide bonds.